The van der Waals surface area contributed by atoms with Gasteiger partial charge in [0.05, 0.1) is 0 Å². The lowest BCUT2D eigenvalue weighted by molar-refractivity contribution is -0.129. The summed E-state index contributed by atoms with van der Waals surface area (Å²) >= 11 is 0. The Kier molecular flexibility index (Phi) is 16.9. The lowest BCUT2D eigenvalue weighted by atomic mass is 10.2. The largest absolute Gasteiger partial charge is 0.314 e. The summed E-state index contributed by atoms with van der Waals surface area (Å²) < 4.78 is 0. The van der Waals surface area contributed by atoms with E-state index < -0.39 is 0 Å². The Morgan fingerprint density at radius 2 is 2.00 bits per heavy atom. The van der Waals surface area contributed by atoms with Crippen molar-refractivity contribution in [1.82, 2.24) is 10.8 Å². The van der Waals surface area contributed by atoms with Crippen molar-refractivity contribution in [1.29, 1.82) is 0 Å². The third kappa shape index (κ3) is 11.4. The zero-order valence-electron chi connectivity index (χ0n) is 7.76. The summed E-state index contributed by atoms with van der Waals surface area (Å²) in [5.74, 6) is -0.319. The summed E-state index contributed by atoms with van der Waals surface area (Å²) in [6, 6.07) is 0.502. The quantitative estimate of drug-likeness (QED) is 0.353. The molecule has 0 rings (SSSR count). The van der Waals surface area contributed by atoms with Gasteiger partial charge in [-0.15, -0.1) is 0 Å². The van der Waals surface area contributed by atoms with E-state index in [0.717, 1.165) is 19.4 Å². The molecule has 0 heterocycles. The van der Waals surface area contributed by atoms with Crippen molar-refractivity contribution in [2.24, 2.45) is 0 Å². The summed E-state index contributed by atoms with van der Waals surface area (Å²) in [5.41, 5.74) is 1.60. The zero-order valence-corrected chi connectivity index (χ0v) is 7.76. The smallest absolute Gasteiger partial charge is 0.243 e. The molecule has 0 aromatic heterocycles. The van der Waals surface area contributed by atoms with Crippen molar-refractivity contribution in [3.8, 4) is 0 Å². The molecule has 14 heavy (non-hydrogen) atoms. The van der Waals surface area contributed by atoms with Gasteiger partial charge >= 0.3 is 0 Å². The maximum Gasteiger partial charge on any atom is 0.243 e. The Balaban J connectivity index is -0.000000605. The van der Waals surface area contributed by atoms with E-state index in [1.165, 1.54) is 0 Å². The monoisotopic (exact) mass is 206 g/mol. The average molecular weight is 206 g/mol. The molecule has 0 saturated carbocycles. The lowest BCUT2D eigenvalue weighted by Crippen LogP contribution is -2.27. The molecule has 4 nitrogen and oxygen atoms in total. The molecule has 1 amide bonds. The second-order valence-corrected chi connectivity index (χ2v) is 2.90. The minimum Gasteiger partial charge on any atom is -0.314 e. The molecule has 0 spiro atoms. The van der Waals surface area contributed by atoms with E-state index in [1.54, 1.807) is 5.48 Å². The summed E-state index contributed by atoms with van der Waals surface area (Å²) in [4.78, 5) is 10.5. The summed E-state index contributed by atoms with van der Waals surface area (Å²) in [7, 11) is 0. The average Bonchev–Trinajstić information content (AvgIpc) is 2.11. The fraction of sp³-hybridized carbons (Fsp3) is 0.900. The fourth-order valence-corrected chi connectivity index (χ4v) is 0.798. The van der Waals surface area contributed by atoms with E-state index in [9.17, 15) is 4.79 Å². The summed E-state index contributed by atoms with van der Waals surface area (Å²) in [6.45, 7) is 5.03. The molecule has 4 heteroatoms. The van der Waals surface area contributed by atoms with Gasteiger partial charge in [0.2, 0.25) is 5.91 Å². The van der Waals surface area contributed by atoms with Crippen molar-refractivity contribution in [3.05, 3.63) is 0 Å². The first-order valence-electron chi connectivity index (χ1n) is 4.37. The van der Waals surface area contributed by atoms with Crippen LogP contribution in [0.5, 0.6) is 0 Å². The number of amides is 1. The van der Waals surface area contributed by atoms with Crippen molar-refractivity contribution in [3.63, 3.8) is 0 Å². The van der Waals surface area contributed by atoms with Gasteiger partial charge in [0.25, 0.3) is 0 Å². The number of rotatable bonds is 6. The number of carbonyl (C=O) groups excluding carboxylic acids is 1. The van der Waals surface area contributed by atoms with E-state index in [0.29, 0.717) is 12.5 Å². The van der Waals surface area contributed by atoms with Crippen molar-refractivity contribution >= 4 is 5.91 Å². The summed E-state index contributed by atoms with van der Waals surface area (Å²) in [6.07, 6.45) is 2.23. The highest BCUT2D eigenvalue weighted by Gasteiger charge is 1.99. The third-order valence-electron chi connectivity index (χ3n) is 1.81. The zero-order chi connectivity index (χ0) is 9.40. The normalized spacial score (nSPS) is 10.8. The summed E-state index contributed by atoms with van der Waals surface area (Å²) in [5, 5.41) is 11.4. The molecule has 0 bridgehead atoms. The van der Waals surface area contributed by atoms with Crippen LogP contribution in [0.3, 0.4) is 0 Å². The van der Waals surface area contributed by atoms with Crippen LogP contribution in [0.1, 0.15) is 48.0 Å². The predicted octanol–water partition coefficient (Wildman–Crippen LogP) is 1.93. The van der Waals surface area contributed by atoms with E-state index in [1.807, 2.05) is 0 Å². The van der Waals surface area contributed by atoms with E-state index >= 15 is 0 Å². The topological polar surface area (TPSA) is 61.4 Å². The van der Waals surface area contributed by atoms with Crippen molar-refractivity contribution < 1.29 is 10.0 Å². The Morgan fingerprint density at radius 3 is 2.43 bits per heavy atom. The first kappa shape index (κ1) is 19.0. The first-order valence-corrected chi connectivity index (χ1v) is 4.37. The fourth-order valence-electron chi connectivity index (χ4n) is 0.798. The van der Waals surface area contributed by atoms with Crippen LogP contribution in [0.15, 0.2) is 0 Å². The lowest BCUT2D eigenvalue weighted by Gasteiger charge is -2.09. The molecule has 3 N–H and O–H groups in total. The SMILES string of the molecule is C.C.CCC(C)NCCCC(=O)NO. The highest BCUT2D eigenvalue weighted by molar-refractivity contribution is 5.74. The van der Waals surface area contributed by atoms with Gasteiger partial charge in [0.1, 0.15) is 0 Å². The molecule has 0 aliphatic carbocycles. The Morgan fingerprint density at radius 1 is 1.43 bits per heavy atom. The Labute approximate surface area is 88.0 Å². The maximum atomic E-state index is 10.5. The molecule has 0 aliphatic rings. The molecule has 1 unspecified atom stereocenters. The molecule has 88 valence electrons. The number of nitrogens with one attached hydrogen (secondary N) is 2. The van der Waals surface area contributed by atoms with Gasteiger partial charge in [0.15, 0.2) is 0 Å². The highest BCUT2D eigenvalue weighted by Crippen LogP contribution is 1.90. The van der Waals surface area contributed by atoms with E-state index in [2.05, 4.69) is 19.2 Å². The van der Waals surface area contributed by atoms with Gasteiger partial charge in [0, 0.05) is 12.5 Å². The number of hydrogen-bond donors (Lipinski definition) is 3. The molecule has 0 fully saturated rings. The van der Waals surface area contributed by atoms with Crippen LogP contribution in [0.4, 0.5) is 0 Å². The van der Waals surface area contributed by atoms with Crippen LogP contribution in [0, 0.1) is 0 Å². The minimum absolute atomic E-state index is 0. The van der Waals surface area contributed by atoms with Crippen LogP contribution in [0.25, 0.3) is 0 Å². The second-order valence-electron chi connectivity index (χ2n) is 2.90. The Bertz CT molecular complexity index is 129. The van der Waals surface area contributed by atoms with E-state index in [-0.39, 0.29) is 20.8 Å². The molecule has 0 saturated heterocycles. The van der Waals surface area contributed by atoms with Gasteiger partial charge in [-0.25, -0.2) is 5.48 Å². The van der Waals surface area contributed by atoms with Gasteiger partial charge < -0.3 is 5.32 Å². The number of hydroxylamine groups is 1. The molecule has 0 aromatic rings. The van der Waals surface area contributed by atoms with Crippen molar-refractivity contribution in [2.45, 2.75) is 54.0 Å². The van der Waals surface area contributed by atoms with Crippen LogP contribution >= 0.6 is 0 Å². The maximum absolute atomic E-state index is 10.5. The standard InChI is InChI=1S/C8H18N2O2.2CH4/c1-3-7(2)9-6-4-5-8(11)10-12;;/h7,9,12H,3-6H2,1-2H3,(H,10,11);2*1H4. The first-order chi connectivity index (χ1) is 5.70. The van der Waals surface area contributed by atoms with Gasteiger partial charge in [-0.2, -0.15) is 0 Å². The Hall–Kier alpha value is -0.610. The van der Waals surface area contributed by atoms with Crippen LogP contribution in [0.2, 0.25) is 0 Å². The molecule has 0 aliphatic heterocycles. The number of carbonyl (C=O) groups is 1. The van der Waals surface area contributed by atoms with Crippen LogP contribution < -0.4 is 10.8 Å². The van der Waals surface area contributed by atoms with Gasteiger partial charge in [-0.1, -0.05) is 21.8 Å². The van der Waals surface area contributed by atoms with Crippen LogP contribution in [-0.4, -0.2) is 23.7 Å². The minimum atomic E-state index is -0.319. The molecule has 0 aromatic carbocycles. The van der Waals surface area contributed by atoms with Crippen molar-refractivity contribution in [2.75, 3.05) is 6.54 Å². The molecule has 0 radical (unpaired) electrons. The van der Waals surface area contributed by atoms with E-state index in [4.69, 9.17) is 5.21 Å². The molecular weight excluding hydrogens is 180 g/mol. The highest BCUT2D eigenvalue weighted by atomic mass is 16.5. The third-order valence-corrected chi connectivity index (χ3v) is 1.81. The van der Waals surface area contributed by atoms with Crippen LogP contribution in [-0.2, 0) is 4.79 Å². The predicted molar refractivity (Wildman–Crippen MR) is 60.4 cm³/mol. The second kappa shape index (κ2) is 12.4. The number of hydrogen-bond acceptors (Lipinski definition) is 3. The molecule has 1 atom stereocenters. The van der Waals surface area contributed by atoms with Gasteiger partial charge in [-0.05, 0) is 26.3 Å². The molecular formula is C10H26N2O2. The van der Waals surface area contributed by atoms with Gasteiger partial charge in [-0.3, -0.25) is 10.0 Å².